The molecule has 0 saturated heterocycles. The highest BCUT2D eigenvalue weighted by Crippen LogP contribution is 2.36. The molecule has 0 spiro atoms. The molecule has 0 aromatic heterocycles. The number of fused-ring (bicyclic) bond motifs is 1. The van der Waals surface area contributed by atoms with Gasteiger partial charge >= 0.3 is 6.18 Å². The molecule has 0 fully saturated rings. The summed E-state index contributed by atoms with van der Waals surface area (Å²) in [5.41, 5.74) is 2.53. The Bertz CT molecular complexity index is 827. The summed E-state index contributed by atoms with van der Waals surface area (Å²) < 4.78 is 39.0. The average Bonchev–Trinajstić information content (AvgIpc) is 3.03. The zero-order valence-electron chi connectivity index (χ0n) is 14.1. The molecule has 6 heteroatoms. The Labute approximate surface area is 150 Å². The predicted octanol–water partition coefficient (Wildman–Crippen LogP) is 4.28. The molecule has 2 N–H and O–H groups in total. The van der Waals surface area contributed by atoms with Gasteiger partial charge in [-0.1, -0.05) is 18.2 Å². The number of nitrogens with zero attached hydrogens (tertiary/aromatic N) is 1. The van der Waals surface area contributed by atoms with Gasteiger partial charge in [-0.05, 0) is 60.2 Å². The third-order valence-corrected chi connectivity index (χ3v) is 4.79. The van der Waals surface area contributed by atoms with Gasteiger partial charge in [0.1, 0.15) is 0 Å². The van der Waals surface area contributed by atoms with E-state index in [1.165, 1.54) is 6.07 Å². The molecule has 0 radical (unpaired) electrons. The standard InChI is InChI=1S/C20H19F3N2O/c21-20(22,23)16-3-1-2-15(11-16)18(8-9-26)25-19-7-6-14-5-4-13(12-24)10-17(14)19/h1-5,10-11,18-19,25-26H,6-9H2. The van der Waals surface area contributed by atoms with E-state index in [0.29, 0.717) is 17.5 Å². The minimum atomic E-state index is -4.40. The van der Waals surface area contributed by atoms with E-state index in [-0.39, 0.29) is 12.6 Å². The smallest absolute Gasteiger partial charge is 0.396 e. The Kier molecular flexibility index (Phi) is 5.30. The topological polar surface area (TPSA) is 56.0 Å². The number of alkyl halides is 3. The average molecular weight is 360 g/mol. The van der Waals surface area contributed by atoms with Crippen LogP contribution in [0, 0.1) is 11.3 Å². The van der Waals surface area contributed by atoms with E-state index < -0.39 is 17.8 Å². The quantitative estimate of drug-likeness (QED) is 0.837. The summed E-state index contributed by atoms with van der Waals surface area (Å²) in [5, 5.41) is 21.9. The Balaban J connectivity index is 1.87. The van der Waals surface area contributed by atoms with E-state index >= 15 is 0 Å². The van der Waals surface area contributed by atoms with Gasteiger partial charge in [-0.15, -0.1) is 0 Å². The number of aliphatic hydroxyl groups is 1. The first-order valence-corrected chi connectivity index (χ1v) is 8.49. The lowest BCUT2D eigenvalue weighted by atomic mass is 9.98. The molecule has 0 saturated carbocycles. The fraction of sp³-hybridized carbons (Fsp3) is 0.350. The van der Waals surface area contributed by atoms with E-state index in [0.717, 1.165) is 36.1 Å². The molecule has 1 aliphatic rings. The van der Waals surface area contributed by atoms with Crippen LogP contribution < -0.4 is 5.32 Å². The van der Waals surface area contributed by atoms with E-state index in [2.05, 4.69) is 11.4 Å². The Morgan fingerprint density at radius 2 is 2.04 bits per heavy atom. The molecular formula is C20H19F3N2O. The molecule has 3 rings (SSSR count). The SMILES string of the molecule is N#Cc1ccc2c(c1)C(NC(CCO)c1cccc(C(F)(F)F)c1)CC2. The summed E-state index contributed by atoms with van der Waals surface area (Å²) in [6.07, 6.45) is -2.43. The Morgan fingerprint density at radius 3 is 2.73 bits per heavy atom. The van der Waals surface area contributed by atoms with Gasteiger partial charge in [0.15, 0.2) is 0 Å². The molecule has 2 unspecified atom stereocenters. The van der Waals surface area contributed by atoms with Crippen LogP contribution >= 0.6 is 0 Å². The summed E-state index contributed by atoms with van der Waals surface area (Å²) in [4.78, 5) is 0. The number of aryl methyl sites for hydroxylation is 1. The number of rotatable bonds is 5. The number of nitrogens with one attached hydrogen (secondary N) is 1. The summed E-state index contributed by atoms with van der Waals surface area (Å²) in [6, 6.07) is 12.4. The first kappa shape index (κ1) is 18.4. The number of benzene rings is 2. The fourth-order valence-corrected chi connectivity index (χ4v) is 3.49. The van der Waals surface area contributed by atoms with Crippen molar-refractivity contribution in [3.63, 3.8) is 0 Å². The van der Waals surface area contributed by atoms with Gasteiger partial charge in [0.25, 0.3) is 0 Å². The zero-order valence-corrected chi connectivity index (χ0v) is 14.1. The van der Waals surface area contributed by atoms with Crippen LogP contribution in [0.4, 0.5) is 13.2 Å². The van der Waals surface area contributed by atoms with E-state index in [1.807, 2.05) is 12.1 Å². The van der Waals surface area contributed by atoms with Crippen molar-refractivity contribution in [1.29, 1.82) is 5.26 Å². The highest BCUT2D eigenvalue weighted by atomic mass is 19.4. The number of halogens is 3. The first-order chi connectivity index (χ1) is 12.4. The van der Waals surface area contributed by atoms with Gasteiger partial charge in [0, 0.05) is 18.7 Å². The van der Waals surface area contributed by atoms with Crippen molar-refractivity contribution in [2.24, 2.45) is 0 Å². The highest BCUT2D eigenvalue weighted by Gasteiger charge is 2.31. The first-order valence-electron chi connectivity index (χ1n) is 8.49. The van der Waals surface area contributed by atoms with Gasteiger partial charge in [-0.25, -0.2) is 0 Å². The van der Waals surface area contributed by atoms with Crippen LogP contribution in [0.3, 0.4) is 0 Å². The maximum absolute atomic E-state index is 13.0. The second kappa shape index (κ2) is 7.48. The second-order valence-electron chi connectivity index (χ2n) is 6.47. The van der Waals surface area contributed by atoms with Crippen LogP contribution in [0.2, 0.25) is 0 Å². The number of aliphatic hydroxyl groups excluding tert-OH is 1. The van der Waals surface area contributed by atoms with Crippen molar-refractivity contribution in [3.8, 4) is 6.07 Å². The van der Waals surface area contributed by atoms with Crippen molar-refractivity contribution in [1.82, 2.24) is 5.32 Å². The molecule has 2 aromatic carbocycles. The fourth-order valence-electron chi connectivity index (χ4n) is 3.49. The Morgan fingerprint density at radius 1 is 1.23 bits per heavy atom. The molecule has 0 aliphatic heterocycles. The van der Waals surface area contributed by atoms with Crippen molar-refractivity contribution >= 4 is 0 Å². The van der Waals surface area contributed by atoms with Crippen LogP contribution in [-0.4, -0.2) is 11.7 Å². The minimum absolute atomic E-state index is 0.0515. The summed E-state index contributed by atoms with van der Waals surface area (Å²) in [5.74, 6) is 0. The molecule has 1 aliphatic carbocycles. The summed E-state index contributed by atoms with van der Waals surface area (Å²) in [7, 11) is 0. The number of nitriles is 1. The minimum Gasteiger partial charge on any atom is -0.396 e. The lowest BCUT2D eigenvalue weighted by Gasteiger charge is -2.24. The summed E-state index contributed by atoms with van der Waals surface area (Å²) in [6.45, 7) is -0.133. The van der Waals surface area contributed by atoms with E-state index in [4.69, 9.17) is 5.26 Å². The second-order valence-corrected chi connectivity index (χ2v) is 6.47. The maximum Gasteiger partial charge on any atom is 0.416 e. The molecular weight excluding hydrogens is 341 g/mol. The molecule has 3 nitrogen and oxygen atoms in total. The lowest BCUT2D eigenvalue weighted by molar-refractivity contribution is -0.137. The van der Waals surface area contributed by atoms with Crippen molar-refractivity contribution in [3.05, 3.63) is 70.3 Å². The monoisotopic (exact) mass is 360 g/mol. The summed E-state index contributed by atoms with van der Waals surface area (Å²) >= 11 is 0. The van der Waals surface area contributed by atoms with Gasteiger partial charge < -0.3 is 10.4 Å². The van der Waals surface area contributed by atoms with Crippen molar-refractivity contribution in [2.45, 2.75) is 37.5 Å². The van der Waals surface area contributed by atoms with Crippen LogP contribution in [-0.2, 0) is 12.6 Å². The number of hydrogen-bond acceptors (Lipinski definition) is 3. The predicted molar refractivity (Wildman–Crippen MR) is 91.2 cm³/mol. The number of hydrogen-bond donors (Lipinski definition) is 2. The third-order valence-electron chi connectivity index (χ3n) is 4.79. The van der Waals surface area contributed by atoms with Gasteiger partial charge in [0.2, 0.25) is 0 Å². The van der Waals surface area contributed by atoms with Gasteiger partial charge in [-0.2, -0.15) is 18.4 Å². The van der Waals surface area contributed by atoms with Crippen LogP contribution in [0.15, 0.2) is 42.5 Å². The maximum atomic E-state index is 13.0. The zero-order chi connectivity index (χ0) is 18.7. The van der Waals surface area contributed by atoms with E-state index in [1.54, 1.807) is 12.1 Å². The molecule has 0 heterocycles. The highest BCUT2D eigenvalue weighted by molar-refractivity contribution is 5.42. The van der Waals surface area contributed by atoms with E-state index in [9.17, 15) is 18.3 Å². The van der Waals surface area contributed by atoms with Crippen LogP contribution in [0.5, 0.6) is 0 Å². The molecule has 0 amide bonds. The molecule has 2 aromatic rings. The van der Waals surface area contributed by atoms with Crippen molar-refractivity contribution < 1.29 is 18.3 Å². The molecule has 136 valence electrons. The van der Waals surface area contributed by atoms with Gasteiger partial charge in [-0.3, -0.25) is 0 Å². The third kappa shape index (κ3) is 3.90. The molecule has 2 atom stereocenters. The molecule has 0 bridgehead atoms. The normalized spacial score (nSPS) is 17.6. The van der Waals surface area contributed by atoms with Gasteiger partial charge in [0.05, 0.1) is 17.2 Å². The van der Waals surface area contributed by atoms with Crippen LogP contribution in [0.1, 0.15) is 52.7 Å². The van der Waals surface area contributed by atoms with Crippen molar-refractivity contribution in [2.75, 3.05) is 6.61 Å². The largest absolute Gasteiger partial charge is 0.416 e. The lowest BCUT2D eigenvalue weighted by Crippen LogP contribution is -2.26. The molecule has 26 heavy (non-hydrogen) atoms. The van der Waals surface area contributed by atoms with Crippen LogP contribution in [0.25, 0.3) is 0 Å². The Hall–Kier alpha value is -2.36.